The number of hydrogen-bond acceptors (Lipinski definition) is 2. The van der Waals surface area contributed by atoms with E-state index in [-0.39, 0.29) is 16.5 Å². The zero-order valence-electron chi connectivity index (χ0n) is 9.91. The van der Waals surface area contributed by atoms with E-state index in [1.54, 1.807) is 13.8 Å². The van der Waals surface area contributed by atoms with Gasteiger partial charge in [-0.25, -0.2) is 9.18 Å². The highest BCUT2D eigenvalue weighted by Gasteiger charge is 2.25. The zero-order chi connectivity index (χ0) is 13.9. The lowest BCUT2D eigenvalue weighted by Crippen LogP contribution is -2.44. The Morgan fingerprint density at radius 2 is 2.00 bits per heavy atom. The molecule has 0 aliphatic carbocycles. The van der Waals surface area contributed by atoms with Gasteiger partial charge >= 0.3 is 5.97 Å². The number of carboxylic acids is 1. The molecule has 1 aromatic carbocycles. The molecule has 2 N–H and O–H groups in total. The summed E-state index contributed by atoms with van der Waals surface area (Å²) in [5.74, 6) is -2.87. The molecule has 4 nitrogen and oxygen atoms in total. The number of hydrogen-bond donors (Lipinski definition) is 2. The highest BCUT2D eigenvalue weighted by molar-refractivity contribution is 6.34. The first kappa shape index (κ1) is 14.4. The Hall–Kier alpha value is -1.62. The Morgan fingerprint density at radius 3 is 2.50 bits per heavy atom. The summed E-state index contributed by atoms with van der Waals surface area (Å²) >= 11 is 5.65. The fraction of sp³-hybridized carbons (Fsp3) is 0.333. The smallest absolute Gasteiger partial charge is 0.326 e. The Bertz CT molecular complexity index is 476. The van der Waals surface area contributed by atoms with Gasteiger partial charge in [0, 0.05) is 0 Å². The summed E-state index contributed by atoms with van der Waals surface area (Å²) < 4.78 is 13.2. The Morgan fingerprint density at radius 1 is 1.39 bits per heavy atom. The predicted molar refractivity (Wildman–Crippen MR) is 65.1 cm³/mol. The van der Waals surface area contributed by atoms with E-state index in [1.165, 1.54) is 12.1 Å². The van der Waals surface area contributed by atoms with Crippen LogP contribution in [0, 0.1) is 11.7 Å². The molecule has 1 rings (SSSR count). The van der Waals surface area contributed by atoms with E-state index in [9.17, 15) is 14.0 Å². The lowest BCUT2D eigenvalue weighted by molar-refractivity contribution is -0.140. The standard InChI is InChI=1S/C12H13ClFNO3/c1-6(2)10(12(17)18)15-11(16)7-4-3-5-8(14)9(7)13/h3-6,10H,1-2H3,(H,15,16)(H,17,18). The van der Waals surface area contributed by atoms with Gasteiger partial charge in [-0.2, -0.15) is 0 Å². The molecular formula is C12H13ClFNO3. The maximum absolute atomic E-state index is 13.2. The van der Waals surface area contributed by atoms with Crippen LogP contribution in [0.2, 0.25) is 5.02 Å². The number of carbonyl (C=O) groups is 2. The van der Waals surface area contributed by atoms with Crippen molar-refractivity contribution in [1.29, 1.82) is 0 Å². The third kappa shape index (κ3) is 3.20. The predicted octanol–water partition coefficient (Wildman–Crippen LogP) is 2.32. The van der Waals surface area contributed by atoms with Crippen molar-refractivity contribution in [3.8, 4) is 0 Å². The molecule has 98 valence electrons. The third-order valence-electron chi connectivity index (χ3n) is 2.42. The highest BCUT2D eigenvalue weighted by atomic mass is 35.5. The largest absolute Gasteiger partial charge is 0.480 e. The SMILES string of the molecule is CC(C)C(NC(=O)c1cccc(F)c1Cl)C(=O)O. The summed E-state index contributed by atoms with van der Waals surface area (Å²) in [5, 5.41) is 10.9. The Kier molecular flexibility index (Phi) is 4.67. The maximum atomic E-state index is 13.2. The van der Waals surface area contributed by atoms with Crippen molar-refractivity contribution in [3.63, 3.8) is 0 Å². The minimum atomic E-state index is -1.15. The molecule has 0 bridgehead atoms. The van der Waals surface area contributed by atoms with Crippen LogP contribution in [0.15, 0.2) is 18.2 Å². The number of rotatable bonds is 4. The molecule has 18 heavy (non-hydrogen) atoms. The summed E-state index contributed by atoms with van der Waals surface area (Å²) in [5.41, 5.74) is -0.0800. The van der Waals surface area contributed by atoms with Gasteiger partial charge in [0.05, 0.1) is 10.6 Å². The molecule has 0 aliphatic heterocycles. The maximum Gasteiger partial charge on any atom is 0.326 e. The normalized spacial score (nSPS) is 12.3. The van der Waals surface area contributed by atoms with Crippen LogP contribution in [-0.4, -0.2) is 23.0 Å². The molecule has 1 amide bonds. The van der Waals surface area contributed by atoms with Crippen molar-refractivity contribution in [2.45, 2.75) is 19.9 Å². The van der Waals surface area contributed by atoms with Gasteiger partial charge in [0.2, 0.25) is 0 Å². The first-order chi connectivity index (χ1) is 8.34. The molecule has 6 heteroatoms. The van der Waals surface area contributed by atoms with E-state index in [4.69, 9.17) is 16.7 Å². The second kappa shape index (κ2) is 5.82. The molecule has 0 heterocycles. The number of halogens is 2. The van der Waals surface area contributed by atoms with Crippen LogP contribution in [-0.2, 0) is 4.79 Å². The van der Waals surface area contributed by atoms with E-state index in [1.807, 2.05) is 0 Å². The molecule has 0 radical (unpaired) electrons. The van der Waals surface area contributed by atoms with Gasteiger partial charge in [0.25, 0.3) is 5.91 Å². The molecule has 1 atom stereocenters. The van der Waals surface area contributed by atoms with Crippen molar-refractivity contribution in [3.05, 3.63) is 34.6 Å². The second-order valence-electron chi connectivity index (χ2n) is 4.13. The van der Waals surface area contributed by atoms with Crippen LogP contribution in [0.25, 0.3) is 0 Å². The van der Waals surface area contributed by atoms with Crippen LogP contribution in [0.5, 0.6) is 0 Å². The molecule has 0 saturated heterocycles. The van der Waals surface area contributed by atoms with Crippen LogP contribution >= 0.6 is 11.6 Å². The van der Waals surface area contributed by atoms with E-state index >= 15 is 0 Å². The van der Waals surface area contributed by atoms with Gasteiger partial charge in [-0.15, -0.1) is 0 Å². The van der Waals surface area contributed by atoms with Crippen molar-refractivity contribution < 1.29 is 19.1 Å². The number of carboxylic acid groups (broad SMARTS) is 1. The van der Waals surface area contributed by atoms with Gasteiger partial charge < -0.3 is 10.4 Å². The zero-order valence-corrected chi connectivity index (χ0v) is 10.7. The first-order valence-corrected chi connectivity index (χ1v) is 5.70. The number of aliphatic carboxylic acids is 1. The number of carbonyl (C=O) groups excluding carboxylic acids is 1. The molecule has 1 unspecified atom stereocenters. The fourth-order valence-electron chi connectivity index (χ4n) is 1.41. The minimum absolute atomic E-state index is 0.0800. The summed E-state index contributed by atoms with van der Waals surface area (Å²) in [7, 11) is 0. The number of benzene rings is 1. The summed E-state index contributed by atoms with van der Waals surface area (Å²) in [6.45, 7) is 3.32. The summed E-state index contributed by atoms with van der Waals surface area (Å²) in [6.07, 6.45) is 0. The van der Waals surface area contributed by atoms with E-state index < -0.39 is 23.7 Å². The van der Waals surface area contributed by atoms with Gasteiger partial charge in [0.1, 0.15) is 11.9 Å². The van der Waals surface area contributed by atoms with Crippen molar-refractivity contribution in [2.75, 3.05) is 0 Å². The van der Waals surface area contributed by atoms with E-state index in [0.717, 1.165) is 6.07 Å². The van der Waals surface area contributed by atoms with Crippen molar-refractivity contribution in [2.24, 2.45) is 5.92 Å². The monoisotopic (exact) mass is 273 g/mol. The first-order valence-electron chi connectivity index (χ1n) is 5.32. The lowest BCUT2D eigenvalue weighted by Gasteiger charge is -2.18. The minimum Gasteiger partial charge on any atom is -0.480 e. The Balaban J connectivity index is 2.94. The van der Waals surface area contributed by atoms with Gasteiger partial charge in [-0.3, -0.25) is 4.79 Å². The van der Waals surface area contributed by atoms with Crippen molar-refractivity contribution >= 4 is 23.5 Å². The van der Waals surface area contributed by atoms with Gasteiger partial charge in [0.15, 0.2) is 0 Å². The van der Waals surface area contributed by atoms with Gasteiger partial charge in [-0.05, 0) is 18.1 Å². The number of nitrogens with one attached hydrogen (secondary N) is 1. The molecular weight excluding hydrogens is 261 g/mol. The Labute approximate surface area is 109 Å². The highest BCUT2D eigenvalue weighted by Crippen LogP contribution is 2.19. The average molecular weight is 274 g/mol. The molecule has 0 aliphatic rings. The lowest BCUT2D eigenvalue weighted by atomic mass is 10.0. The summed E-state index contributed by atoms with van der Waals surface area (Å²) in [6, 6.07) is 2.74. The molecule has 1 aromatic rings. The van der Waals surface area contributed by atoms with E-state index in [0.29, 0.717) is 0 Å². The van der Waals surface area contributed by atoms with Crippen LogP contribution < -0.4 is 5.32 Å². The quantitative estimate of drug-likeness (QED) is 0.885. The second-order valence-corrected chi connectivity index (χ2v) is 4.51. The van der Waals surface area contributed by atoms with Crippen LogP contribution in [0.4, 0.5) is 4.39 Å². The topological polar surface area (TPSA) is 66.4 Å². The van der Waals surface area contributed by atoms with Crippen LogP contribution in [0.1, 0.15) is 24.2 Å². The van der Waals surface area contributed by atoms with E-state index in [2.05, 4.69) is 5.32 Å². The van der Waals surface area contributed by atoms with Crippen molar-refractivity contribution in [1.82, 2.24) is 5.32 Å². The molecule has 0 spiro atoms. The summed E-state index contributed by atoms with van der Waals surface area (Å²) in [4.78, 5) is 22.7. The molecule has 0 fully saturated rings. The van der Waals surface area contributed by atoms with Crippen LogP contribution in [0.3, 0.4) is 0 Å². The number of amides is 1. The average Bonchev–Trinajstić information content (AvgIpc) is 2.28. The fourth-order valence-corrected chi connectivity index (χ4v) is 1.62. The van der Waals surface area contributed by atoms with Gasteiger partial charge in [-0.1, -0.05) is 31.5 Å². The third-order valence-corrected chi connectivity index (χ3v) is 2.80. The molecule has 0 aromatic heterocycles. The molecule has 0 saturated carbocycles.